The predicted molar refractivity (Wildman–Crippen MR) is 164 cm³/mol. The minimum atomic E-state index is -0.824. The standard InChI is InChI=1S/C35H32N2O6/c1-4-41-32-20-26(12-17-31(32)43-22-27-7-5-6-24(3)18-27)19-30-33(38)36-35(40)37(34(30)39)28-13-15-29(16-14-28)42-21-25-10-8-23(2)9-11-25/h5-20H,4,21-22H2,1-3H3,(H,36,38,40)/b30-19+. The molecule has 0 radical (unpaired) electrons. The molecule has 8 nitrogen and oxygen atoms in total. The zero-order chi connectivity index (χ0) is 30.3. The lowest BCUT2D eigenvalue weighted by molar-refractivity contribution is -0.122. The number of ether oxygens (including phenoxy) is 3. The monoisotopic (exact) mass is 576 g/mol. The number of nitrogens with one attached hydrogen (secondary N) is 1. The Kier molecular flexibility index (Phi) is 8.86. The van der Waals surface area contributed by atoms with Gasteiger partial charge in [0.2, 0.25) is 0 Å². The van der Waals surface area contributed by atoms with Crippen LogP contribution in [0.4, 0.5) is 10.5 Å². The molecular formula is C35H32N2O6. The third kappa shape index (κ3) is 7.11. The summed E-state index contributed by atoms with van der Waals surface area (Å²) in [5, 5.41) is 2.26. The molecule has 1 aliphatic rings. The van der Waals surface area contributed by atoms with Crippen molar-refractivity contribution < 1.29 is 28.6 Å². The minimum absolute atomic E-state index is 0.185. The van der Waals surface area contributed by atoms with E-state index in [-0.39, 0.29) is 5.57 Å². The summed E-state index contributed by atoms with van der Waals surface area (Å²) in [5.41, 5.74) is 5.01. The number of carbonyl (C=O) groups is 3. The highest BCUT2D eigenvalue weighted by atomic mass is 16.5. The van der Waals surface area contributed by atoms with Crippen LogP contribution in [-0.4, -0.2) is 24.5 Å². The van der Waals surface area contributed by atoms with E-state index in [1.54, 1.807) is 42.5 Å². The number of nitrogens with zero attached hydrogens (tertiary/aromatic N) is 1. The lowest BCUT2D eigenvalue weighted by Crippen LogP contribution is -2.54. The highest BCUT2D eigenvalue weighted by molar-refractivity contribution is 6.39. The van der Waals surface area contributed by atoms with Crippen molar-refractivity contribution in [1.82, 2.24) is 5.32 Å². The van der Waals surface area contributed by atoms with Gasteiger partial charge in [-0.1, -0.05) is 65.7 Å². The molecule has 0 aromatic heterocycles. The summed E-state index contributed by atoms with van der Waals surface area (Å²) in [6.07, 6.45) is 1.43. The van der Waals surface area contributed by atoms with Crippen molar-refractivity contribution in [2.45, 2.75) is 34.0 Å². The van der Waals surface area contributed by atoms with Gasteiger partial charge in [0.15, 0.2) is 11.5 Å². The molecule has 218 valence electrons. The maximum atomic E-state index is 13.4. The Hall–Kier alpha value is -5.37. The number of aryl methyl sites for hydroxylation is 2. The number of urea groups is 1. The van der Waals surface area contributed by atoms with Crippen LogP contribution in [0.2, 0.25) is 0 Å². The van der Waals surface area contributed by atoms with Crippen molar-refractivity contribution in [3.63, 3.8) is 0 Å². The summed E-state index contributed by atoms with van der Waals surface area (Å²) < 4.78 is 17.6. The van der Waals surface area contributed by atoms with E-state index in [4.69, 9.17) is 14.2 Å². The van der Waals surface area contributed by atoms with Gasteiger partial charge in [-0.15, -0.1) is 0 Å². The molecule has 8 heteroatoms. The molecule has 0 bridgehead atoms. The first-order valence-corrected chi connectivity index (χ1v) is 14.0. The summed E-state index contributed by atoms with van der Waals surface area (Å²) in [4.78, 5) is 39.8. The molecule has 1 N–H and O–H groups in total. The van der Waals surface area contributed by atoms with Crippen LogP contribution in [0.5, 0.6) is 17.2 Å². The van der Waals surface area contributed by atoms with Crippen LogP contribution in [0.1, 0.15) is 34.7 Å². The number of hydrogen-bond donors (Lipinski definition) is 1. The quantitative estimate of drug-likeness (QED) is 0.171. The third-order valence-electron chi connectivity index (χ3n) is 6.78. The fraction of sp³-hybridized carbons (Fsp3) is 0.171. The SMILES string of the molecule is CCOc1cc(/C=C2\C(=O)NC(=O)N(c3ccc(OCc4ccc(C)cc4)cc3)C2=O)ccc1OCc1cccc(C)c1. The lowest BCUT2D eigenvalue weighted by Gasteiger charge is -2.26. The van der Waals surface area contributed by atoms with E-state index in [0.29, 0.717) is 48.3 Å². The highest BCUT2D eigenvalue weighted by Gasteiger charge is 2.36. The van der Waals surface area contributed by atoms with Gasteiger partial charge < -0.3 is 14.2 Å². The van der Waals surface area contributed by atoms with E-state index in [0.717, 1.165) is 21.6 Å². The summed E-state index contributed by atoms with van der Waals surface area (Å²) in [6.45, 7) is 7.03. The number of barbiturate groups is 1. The molecule has 1 heterocycles. The Morgan fingerprint density at radius 1 is 0.721 bits per heavy atom. The van der Waals surface area contributed by atoms with E-state index in [9.17, 15) is 14.4 Å². The van der Waals surface area contributed by atoms with Gasteiger partial charge in [-0.3, -0.25) is 14.9 Å². The summed E-state index contributed by atoms with van der Waals surface area (Å²) in [5.74, 6) is 0.0739. The average molecular weight is 577 g/mol. The molecule has 1 aliphatic heterocycles. The Morgan fingerprint density at radius 2 is 1.47 bits per heavy atom. The topological polar surface area (TPSA) is 94.2 Å². The van der Waals surface area contributed by atoms with E-state index in [1.165, 1.54) is 11.6 Å². The van der Waals surface area contributed by atoms with Crippen molar-refractivity contribution >= 4 is 29.6 Å². The second-order valence-electron chi connectivity index (χ2n) is 10.1. The van der Waals surface area contributed by atoms with Gasteiger partial charge in [-0.25, -0.2) is 9.69 Å². The highest BCUT2D eigenvalue weighted by Crippen LogP contribution is 2.31. The first-order chi connectivity index (χ1) is 20.8. The van der Waals surface area contributed by atoms with Crippen molar-refractivity contribution in [1.29, 1.82) is 0 Å². The van der Waals surface area contributed by atoms with Crippen molar-refractivity contribution in [2.75, 3.05) is 11.5 Å². The number of rotatable bonds is 10. The number of imide groups is 2. The van der Waals surface area contributed by atoms with Crippen molar-refractivity contribution in [3.05, 3.63) is 124 Å². The number of benzene rings is 4. The Balaban J connectivity index is 1.32. The average Bonchev–Trinajstić information content (AvgIpc) is 2.99. The molecule has 4 aromatic carbocycles. The number of carbonyl (C=O) groups excluding carboxylic acids is 3. The van der Waals surface area contributed by atoms with Crippen LogP contribution in [-0.2, 0) is 22.8 Å². The maximum absolute atomic E-state index is 13.4. The summed E-state index contributed by atoms with van der Waals surface area (Å²) in [6, 6.07) is 26.9. The van der Waals surface area contributed by atoms with Gasteiger partial charge in [0.1, 0.15) is 24.5 Å². The predicted octanol–water partition coefficient (Wildman–Crippen LogP) is 6.53. The van der Waals surface area contributed by atoms with Gasteiger partial charge in [0, 0.05) is 0 Å². The van der Waals surface area contributed by atoms with Crippen LogP contribution in [0.3, 0.4) is 0 Å². The van der Waals surface area contributed by atoms with Gasteiger partial charge in [-0.05, 0) is 79.9 Å². The summed E-state index contributed by atoms with van der Waals surface area (Å²) in [7, 11) is 0. The fourth-order valence-electron chi connectivity index (χ4n) is 4.57. The fourth-order valence-corrected chi connectivity index (χ4v) is 4.57. The second kappa shape index (κ2) is 13.1. The molecule has 0 saturated carbocycles. The first-order valence-electron chi connectivity index (χ1n) is 14.0. The van der Waals surface area contributed by atoms with Crippen LogP contribution in [0.15, 0.2) is 96.6 Å². The molecule has 1 saturated heterocycles. The largest absolute Gasteiger partial charge is 0.490 e. The zero-order valence-electron chi connectivity index (χ0n) is 24.3. The Morgan fingerprint density at radius 3 is 2.19 bits per heavy atom. The molecule has 5 rings (SSSR count). The van der Waals surface area contributed by atoms with E-state index in [2.05, 4.69) is 5.32 Å². The van der Waals surface area contributed by atoms with Crippen molar-refractivity contribution in [2.24, 2.45) is 0 Å². The Bertz CT molecular complexity index is 1680. The molecule has 0 atom stereocenters. The molecule has 43 heavy (non-hydrogen) atoms. The second-order valence-corrected chi connectivity index (χ2v) is 10.1. The number of anilines is 1. The van der Waals surface area contributed by atoms with E-state index < -0.39 is 17.8 Å². The third-order valence-corrected chi connectivity index (χ3v) is 6.78. The maximum Gasteiger partial charge on any atom is 0.335 e. The first kappa shape index (κ1) is 29.1. The van der Waals surface area contributed by atoms with Gasteiger partial charge in [0.05, 0.1) is 12.3 Å². The number of amides is 4. The molecular weight excluding hydrogens is 544 g/mol. The number of hydrogen-bond acceptors (Lipinski definition) is 6. The van der Waals surface area contributed by atoms with Gasteiger partial charge in [-0.2, -0.15) is 0 Å². The van der Waals surface area contributed by atoms with Crippen LogP contribution in [0.25, 0.3) is 6.08 Å². The van der Waals surface area contributed by atoms with Gasteiger partial charge >= 0.3 is 6.03 Å². The molecule has 0 aliphatic carbocycles. The zero-order valence-corrected chi connectivity index (χ0v) is 24.3. The van der Waals surface area contributed by atoms with E-state index in [1.807, 2.05) is 69.3 Å². The normalized spacial score (nSPS) is 14.1. The molecule has 0 spiro atoms. The van der Waals surface area contributed by atoms with Crippen LogP contribution < -0.4 is 24.4 Å². The van der Waals surface area contributed by atoms with Gasteiger partial charge in [0.25, 0.3) is 11.8 Å². The Labute approximate surface area is 250 Å². The molecule has 4 amide bonds. The summed E-state index contributed by atoms with van der Waals surface area (Å²) >= 11 is 0. The smallest absolute Gasteiger partial charge is 0.335 e. The van der Waals surface area contributed by atoms with Crippen LogP contribution in [0, 0.1) is 13.8 Å². The van der Waals surface area contributed by atoms with E-state index >= 15 is 0 Å². The molecule has 0 unspecified atom stereocenters. The molecule has 1 fully saturated rings. The van der Waals surface area contributed by atoms with Crippen LogP contribution >= 0.6 is 0 Å². The minimum Gasteiger partial charge on any atom is -0.490 e. The lowest BCUT2D eigenvalue weighted by atomic mass is 10.1. The van der Waals surface area contributed by atoms with Crippen molar-refractivity contribution in [3.8, 4) is 17.2 Å². The molecule has 4 aromatic rings.